The third kappa shape index (κ3) is 4.80. The molecule has 6 nitrogen and oxygen atoms in total. The molecule has 2 amide bonds. The highest BCUT2D eigenvalue weighted by Gasteiger charge is 2.29. The van der Waals surface area contributed by atoms with Crippen molar-refractivity contribution in [1.29, 1.82) is 0 Å². The van der Waals surface area contributed by atoms with Crippen LogP contribution < -0.4 is 10.6 Å². The van der Waals surface area contributed by atoms with E-state index in [-0.39, 0.29) is 24.3 Å². The number of nitrogens with one attached hydrogen (secondary N) is 2. The van der Waals surface area contributed by atoms with E-state index in [0.717, 1.165) is 36.1 Å². The third-order valence-electron chi connectivity index (χ3n) is 4.97. The van der Waals surface area contributed by atoms with Crippen molar-refractivity contribution in [3.8, 4) is 0 Å². The van der Waals surface area contributed by atoms with Gasteiger partial charge in [0.15, 0.2) is 0 Å². The molecule has 2 aromatic carbocycles. The summed E-state index contributed by atoms with van der Waals surface area (Å²) < 4.78 is 15.2. The van der Waals surface area contributed by atoms with Crippen molar-refractivity contribution >= 4 is 28.5 Å². The number of hydrogen-bond donors (Lipinski definition) is 2. The zero-order chi connectivity index (χ0) is 20.2. The molecule has 4 rings (SSSR count). The van der Waals surface area contributed by atoms with E-state index in [9.17, 15) is 14.0 Å². The van der Waals surface area contributed by atoms with E-state index in [1.807, 2.05) is 28.8 Å². The van der Waals surface area contributed by atoms with E-state index in [1.54, 1.807) is 12.1 Å². The van der Waals surface area contributed by atoms with Crippen LogP contribution in [0.15, 0.2) is 48.5 Å². The summed E-state index contributed by atoms with van der Waals surface area (Å²) in [5.74, 6) is 0.479. The molecule has 0 spiro atoms. The number of para-hydroxylation sites is 2. The van der Waals surface area contributed by atoms with Gasteiger partial charge in [-0.1, -0.05) is 18.2 Å². The van der Waals surface area contributed by atoms with Gasteiger partial charge < -0.3 is 15.2 Å². The van der Waals surface area contributed by atoms with Crippen molar-refractivity contribution in [2.75, 3.05) is 11.9 Å². The lowest BCUT2D eigenvalue weighted by Crippen LogP contribution is -2.26. The van der Waals surface area contributed by atoms with Gasteiger partial charge in [-0.05, 0) is 49.6 Å². The normalized spacial score (nSPS) is 13.4. The maximum Gasteiger partial charge on any atom is 0.244 e. The lowest BCUT2D eigenvalue weighted by Gasteiger charge is -2.10. The predicted molar refractivity (Wildman–Crippen MR) is 109 cm³/mol. The number of fused-ring (bicyclic) bond motifs is 1. The average Bonchev–Trinajstić information content (AvgIpc) is 3.49. The fourth-order valence-corrected chi connectivity index (χ4v) is 3.35. The summed E-state index contributed by atoms with van der Waals surface area (Å²) in [5.41, 5.74) is 2.12. The summed E-state index contributed by atoms with van der Waals surface area (Å²) >= 11 is 0. The van der Waals surface area contributed by atoms with Gasteiger partial charge in [-0.2, -0.15) is 0 Å². The summed E-state index contributed by atoms with van der Waals surface area (Å²) in [6.07, 6.45) is 3.37. The van der Waals surface area contributed by atoms with Crippen LogP contribution in [0.4, 0.5) is 10.1 Å². The highest BCUT2D eigenvalue weighted by Crippen LogP contribution is 2.28. The summed E-state index contributed by atoms with van der Waals surface area (Å²) in [6.45, 7) is 0.675. The second-order valence-corrected chi connectivity index (χ2v) is 7.33. The molecule has 29 heavy (non-hydrogen) atoms. The van der Waals surface area contributed by atoms with Crippen LogP contribution in [0.1, 0.15) is 25.1 Å². The Morgan fingerprint density at radius 3 is 2.76 bits per heavy atom. The van der Waals surface area contributed by atoms with E-state index in [2.05, 4.69) is 15.6 Å². The van der Waals surface area contributed by atoms with E-state index in [4.69, 9.17) is 0 Å². The van der Waals surface area contributed by atoms with Crippen LogP contribution in [0.25, 0.3) is 11.0 Å². The van der Waals surface area contributed by atoms with Crippen LogP contribution in [-0.4, -0.2) is 27.9 Å². The first-order valence-electron chi connectivity index (χ1n) is 9.87. The maximum atomic E-state index is 13.4. The predicted octanol–water partition coefficient (Wildman–Crippen LogP) is 3.27. The number of halogens is 1. The van der Waals surface area contributed by atoms with Gasteiger partial charge in [-0.25, -0.2) is 9.37 Å². The summed E-state index contributed by atoms with van der Waals surface area (Å²) in [4.78, 5) is 29.0. The van der Waals surface area contributed by atoms with Gasteiger partial charge in [-0.15, -0.1) is 0 Å². The van der Waals surface area contributed by atoms with Gasteiger partial charge in [0.25, 0.3) is 0 Å². The minimum Gasteiger partial charge on any atom is -0.356 e. The topological polar surface area (TPSA) is 76.0 Å². The Balaban J connectivity index is 1.44. The molecule has 0 radical (unpaired) electrons. The van der Waals surface area contributed by atoms with E-state index in [1.165, 1.54) is 12.1 Å². The lowest BCUT2D eigenvalue weighted by atomic mass is 10.2. The molecule has 3 aromatic rings. The van der Waals surface area contributed by atoms with Crippen LogP contribution in [0, 0.1) is 11.7 Å². The molecule has 0 aliphatic heterocycles. The smallest absolute Gasteiger partial charge is 0.244 e. The van der Waals surface area contributed by atoms with E-state index < -0.39 is 5.82 Å². The Hall–Kier alpha value is -3.22. The van der Waals surface area contributed by atoms with Crippen LogP contribution >= 0.6 is 0 Å². The third-order valence-corrected chi connectivity index (χ3v) is 4.97. The summed E-state index contributed by atoms with van der Waals surface area (Å²) in [5, 5.41) is 5.69. The fraction of sp³-hybridized carbons (Fsp3) is 0.318. The average molecular weight is 394 g/mol. The van der Waals surface area contributed by atoms with Crippen molar-refractivity contribution in [1.82, 2.24) is 14.9 Å². The Kier molecular flexibility index (Phi) is 5.55. The number of rotatable bonds is 8. The fourth-order valence-electron chi connectivity index (χ4n) is 3.35. The minimum atomic E-state index is -0.398. The first kappa shape index (κ1) is 19.1. The van der Waals surface area contributed by atoms with Gasteiger partial charge in [-0.3, -0.25) is 9.59 Å². The van der Waals surface area contributed by atoms with E-state index >= 15 is 0 Å². The molecule has 1 aromatic heterocycles. The van der Waals surface area contributed by atoms with Gasteiger partial charge in [0.1, 0.15) is 18.2 Å². The Bertz CT molecular complexity index is 1040. The molecule has 1 saturated carbocycles. The number of imidazole rings is 1. The Morgan fingerprint density at radius 2 is 1.97 bits per heavy atom. The second-order valence-electron chi connectivity index (χ2n) is 7.33. The number of carbonyl (C=O) groups excluding carboxylic acids is 2. The minimum absolute atomic E-state index is 0.0841. The highest BCUT2D eigenvalue weighted by molar-refractivity contribution is 5.91. The van der Waals surface area contributed by atoms with Crippen molar-refractivity contribution < 1.29 is 14.0 Å². The van der Waals surface area contributed by atoms with Crippen LogP contribution in [0.5, 0.6) is 0 Å². The number of carbonyl (C=O) groups is 2. The number of aryl methyl sites for hydroxylation is 1. The zero-order valence-electron chi connectivity index (χ0n) is 16.0. The van der Waals surface area contributed by atoms with Crippen LogP contribution in [-0.2, 0) is 22.6 Å². The molecule has 1 aliphatic carbocycles. The number of benzene rings is 2. The highest BCUT2D eigenvalue weighted by atomic mass is 19.1. The summed E-state index contributed by atoms with van der Waals surface area (Å²) in [7, 11) is 0. The van der Waals surface area contributed by atoms with Gasteiger partial charge in [0, 0.05) is 24.6 Å². The molecule has 2 N–H and O–H groups in total. The second kappa shape index (κ2) is 8.43. The lowest BCUT2D eigenvalue weighted by molar-refractivity contribution is -0.122. The number of anilines is 1. The number of nitrogens with zero attached hydrogens (tertiary/aromatic N) is 2. The number of aromatic nitrogens is 2. The van der Waals surface area contributed by atoms with Gasteiger partial charge in [0.2, 0.25) is 11.8 Å². The van der Waals surface area contributed by atoms with Crippen molar-refractivity contribution in [2.24, 2.45) is 5.92 Å². The molecule has 7 heteroatoms. The molecule has 1 fully saturated rings. The monoisotopic (exact) mass is 394 g/mol. The molecule has 0 saturated heterocycles. The Morgan fingerprint density at radius 1 is 1.14 bits per heavy atom. The van der Waals surface area contributed by atoms with Crippen molar-refractivity contribution in [3.63, 3.8) is 0 Å². The molecule has 0 unspecified atom stereocenters. The zero-order valence-corrected chi connectivity index (χ0v) is 16.0. The molecular weight excluding hydrogens is 371 g/mol. The van der Waals surface area contributed by atoms with Gasteiger partial charge >= 0.3 is 0 Å². The van der Waals surface area contributed by atoms with Crippen LogP contribution in [0.2, 0.25) is 0 Å². The van der Waals surface area contributed by atoms with Crippen LogP contribution in [0.3, 0.4) is 0 Å². The van der Waals surface area contributed by atoms with E-state index in [0.29, 0.717) is 18.7 Å². The largest absolute Gasteiger partial charge is 0.356 e. The molecule has 1 aliphatic rings. The Labute approximate surface area is 168 Å². The molecule has 0 atom stereocenters. The number of amides is 2. The van der Waals surface area contributed by atoms with Crippen molar-refractivity contribution in [3.05, 3.63) is 60.2 Å². The molecule has 150 valence electrons. The first-order chi connectivity index (χ1) is 14.1. The quantitative estimate of drug-likeness (QED) is 0.576. The molecule has 0 bridgehead atoms. The standard InChI is InChI=1S/C22H23FN4O2/c23-16-5-3-6-17(13-16)25-21(28)14-27-19-8-2-1-7-18(19)26-20(27)9-4-12-24-22(29)15-10-11-15/h1-3,5-8,13,15H,4,9-12,14H2,(H,24,29)(H,25,28). The number of hydrogen-bond acceptors (Lipinski definition) is 3. The van der Waals surface area contributed by atoms with Gasteiger partial charge in [0.05, 0.1) is 11.0 Å². The SMILES string of the molecule is O=C(Cn1c(CCCNC(=O)C2CC2)nc2ccccc21)Nc1cccc(F)c1. The molecular formula is C22H23FN4O2. The molecule has 1 heterocycles. The summed E-state index contributed by atoms with van der Waals surface area (Å²) in [6, 6.07) is 13.5. The van der Waals surface area contributed by atoms with Crippen molar-refractivity contribution in [2.45, 2.75) is 32.2 Å². The maximum absolute atomic E-state index is 13.4. The first-order valence-corrected chi connectivity index (χ1v) is 9.87.